The monoisotopic (exact) mass is 213 g/mol. The van der Waals surface area contributed by atoms with Crippen molar-refractivity contribution in [3.05, 3.63) is 0 Å². The topological polar surface area (TPSA) is 77.8 Å². The minimum absolute atomic E-state index is 0.0337. The smallest absolute Gasteiger partial charge is 0.307 e. The molecular formula is C10H15NO4. The lowest BCUT2D eigenvalue weighted by molar-refractivity contribution is -0.141. The molecule has 1 unspecified atom stereocenters. The van der Waals surface area contributed by atoms with Crippen LogP contribution in [0, 0.1) is 18.3 Å². The molecule has 0 heterocycles. The van der Waals surface area contributed by atoms with Gasteiger partial charge in [-0.3, -0.25) is 14.5 Å². The van der Waals surface area contributed by atoms with E-state index in [4.69, 9.17) is 16.6 Å². The number of nitrogens with zero attached hydrogens (tertiary/aromatic N) is 1. The minimum Gasteiger partial charge on any atom is -0.481 e. The standard InChI is InChI=1S/C10H15NO4/c1-3-5-11(6-4-9(12)13)7-8(2)10(14)15/h1,8H,4-7H2,2H3,(H,12,13)(H,14,15). The quantitative estimate of drug-likeness (QED) is 0.587. The summed E-state index contributed by atoms with van der Waals surface area (Å²) in [5, 5.41) is 17.2. The van der Waals surface area contributed by atoms with Crippen LogP contribution in [0.1, 0.15) is 13.3 Å². The van der Waals surface area contributed by atoms with Crippen molar-refractivity contribution < 1.29 is 19.8 Å². The zero-order valence-electron chi connectivity index (χ0n) is 8.64. The van der Waals surface area contributed by atoms with E-state index in [1.807, 2.05) is 0 Å². The van der Waals surface area contributed by atoms with E-state index < -0.39 is 17.9 Å². The van der Waals surface area contributed by atoms with Crippen LogP contribution in [0.4, 0.5) is 0 Å². The van der Waals surface area contributed by atoms with E-state index in [0.717, 1.165) is 0 Å². The van der Waals surface area contributed by atoms with Gasteiger partial charge in [-0.25, -0.2) is 0 Å². The maximum atomic E-state index is 10.6. The molecule has 0 aromatic carbocycles. The zero-order chi connectivity index (χ0) is 11.8. The molecule has 0 aromatic heterocycles. The van der Waals surface area contributed by atoms with E-state index in [1.165, 1.54) is 0 Å². The molecule has 5 nitrogen and oxygen atoms in total. The van der Waals surface area contributed by atoms with Crippen molar-refractivity contribution in [1.29, 1.82) is 0 Å². The Morgan fingerprint density at radius 3 is 2.47 bits per heavy atom. The molecule has 0 aliphatic heterocycles. The molecule has 15 heavy (non-hydrogen) atoms. The van der Waals surface area contributed by atoms with Crippen molar-refractivity contribution in [2.24, 2.45) is 5.92 Å². The molecule has 0 fully saturated rings. The van der Waals surface area contributed by atoms with Crippen LogP contribution in [-0.2, 0) is 9.59 Å². The Hall–Kier alpha value is -1.54. The van der Waals surface area contributed by atoms with E-state index >= 15 is 0 Å². The first-order valence-corrected chi connectivity index (χ1v) is 4.57. The maximum Gasteiger partial charge on any atom is 0.307 e. The van der Waals surface area contributed by atoms with Crippen molar-refractivity contribution >= 4 is 11.9 Å². The largest absolute Gasteiger partial charge is 0.481 e. The first kappa shape index (κ1) is 13.5. The minimum atomic E-state index is -0.917. The highest BCUT2D eigenvalue weighted by molar-refractivity contribution is 5.69. The molecule has 0 aliphatic rings. The maximum absolute atomic E-state index is 10.6. The lowest BCUT2D eigenvalue weighted by atomic mass is 10.1. The molecule has 5 heteroatoms. The molecule has 0 aliphatic carbocycles. The molecule has 0 rings (SSSR count). The number of carboxylic acid groups (broad SMARTS) is 2. The Balaban J connectivity index is 4.09. The van der Waals surface area contributed by atoms with E-state index in [-0.39, 0.29) is 26.1 Å². The van der Waals surface area contributed by atoms with Crippen LogP contribution in [0.3, 0.4) is 0 Å². The van der Waals surface area contributed by atoms with Crippen LogP contribution >= 0.6 is 0 Å². The van der Waals surface area contributed by atoms with Crippen LogP contribution < -0.4 is 0 Å². The Morgan fingerprint density at radius 2 is 2.07 bits per heavy atom. The highest BCUT2D eigenvalue weighted by atomic mass is 16.4. The van der Waals surface area contributed by atoms with E-state index in [1.54, 1.807) is 11.8 Å². The molecule has 0 saturated heterocycles. The lowest BCUT2D eigenvalue weighted by Crippen LogP contribution is -2.33. The second-order valence-electron chi connectivity index (χ2n) is 3.32. The third-order valence-electron chi connectivity index (χ3n) is 1.91. The summed E-state index contributed by atoms with van der Waals surface area (Å²) in [6, 6.07) is 0. The average molecular weight is 213 g/mol. The predicted molar refractivity (Wildman–Crippen MR) is 54.3 cm³/mol. The van der Waals surface area contributed by atoms with Gasteiger partial charge in [0, 0.05) is 13.1 Å². The highest BCUT2D eigenvalue weighted by Gasteiger charge is 2.15. The number of rotatable bonds is 7. The van der Waals surface area contributed by atoms with Gasteiger partial charge in [0.1, 0.15) is 0 Å². The zero-order valence-corrected chi connectivity index (χ0v) is 8.64. The van der Waals surface area contributed by atoms with E-state index in [9.17, 15) is 9.59 Å². The number of aliphatic carboxylic acids is 2. The fraction of sp³-hybridized carbons (Fsp3) is 0.600. The fourth-order valence-corrected chi connectivity index (χ4v) is 1.08. The second-order valence-corrected chi connectivity index (χ2v) is 3.32. The van der Waals surface area contributed by atoms with Crippen molar-refractivity contribution in [2.75, 3.05) is 19.6 Å². The summed E-state index contributed by atoms with van der Waals surface area (Å²) in [7, 11) is 0. The molecular weight excluding hydrogens is 198 g/mol. The molecule has 0 amide bonds. The Labute approximate surface area is 88.7 Å². The van der Waals surface area contributed by atoms with Crippen molar-refractivity contribution in [2.45, 2.75) is 13.3 Å². The molecule has 1 atom stereocenters. The molecule has 0 bridgehead atoms. The first-order chi connectivity index (χ1) is 6.97. The molecule has 0 radical (unpaired) electrons. The van der Waals surface area contributed by atoms with Gasteiger partial charge in [-0.05, 0) is 0 Å². The molecule has 2 N–H and O–H groups in total. The molecule has 0 spiro atoms. The van der Waals surface area contributed by atoms with Crippen LogP contribution in [0.15, 0.2) is 0 Å². The average Bonchev–Trinajstić information content (AvgIpc) is 2.14. The number of hydrogen-bond donors (Lipinski definition) is 2. The molecule has 84 valence electrons. The summed E-state index contributed by atoms with van der Waals surface area (Å²) < 4.78 is 0. The van der Waals surface area contributed by atoms with Gasteiger partial charge in [-0.1, -0.05) is 12.8 Å². The number of terminal acetylenes is 1. The van der Waals surface area contributed by atoms with Crippen molar-refractivity contribution in [3.63, 3.8) is 0 Å². The third-order valence-corrected chi connectivity index (χ3v) is 1.91. The number of hydrogen-bond acceptors (Lipinski definition) is 3. The Kier molecular flexibility index (Phi) is 6.14. The second kappa shape index (κ2) is 6.85. The van der Waals surface area contributed by atoms with Gasteiger partial charge >= 0.3 is 11.9 Å². The SMILES string of the molecule is C#CCN(CCC(=O)O)CC(C)C(=O)O. The van der Waals surface area contributed by atoms with E-state index in [0.29, 0.717) is 0 Å². The molecule has 0 saturated carbocycles. The van der Waals surface area contributed by atoms with Crippen LogP contribution in [-0.4, -0.2) is 46.7 Å². The van der Waals surface area contributed by atoms with Gasteiger partial charge in [-0.2, -0.15) is 0 Å². The van der Waals surface area contributed by atoms with Gasteiger partial charge in [-0.15, -0.1) is 6.42 Å². The third kappa shape index (κ3) is 6.52. The van der Waals surface area contributed by atoms with Crippen molar-refractivity contribution in [3.8, 4) is 12.3 Å². The number of carboxylic acids is 2. The van der Waals surface area contributed by atoms with Crippen LogP contribution in [0.25, 0.3) is 0 Å². The van der Waals surface area contributed by atoms with Gasteiger partial charge in [0.25, 0.3) is 0 Å². The fourth-order valence-electron chi connectivity index (χ4n) is 1.08. The number of carbonyl (C=O) groups is 2. The summed E-state index contributed by atoms with van der Waals surface area (Å²) in [6.07, 6.45) is 5.07. The summed E-state index contributed by atoms with van der Waals surface area (Å²) in [6.45, 7) is 2.38. The summed E-state index contributed by atoms with van der Waals surface area (Å²) in [5.41, 5.74) is 0. The Morgan fingerprint density at radius 1 is 1.47 bits per heavy atom. The first-order valence-electron chi connectivity index (χ1n) is 4.57. The van der Waals surface area contributed by atoms with Gasteiger partial charge in [0.05, 0.1) is 18.9 Å². The molecule has 0 aromatic rings. The summed E-state index contributed by atoms with van der Waals surface area (Å²) in [5.74, 6) is 0.000405. The predicted octanol–water partition coefficient (Wildman–Crippen LogP) is 0.117. The Bertz CT molecular complexity index is 269. The van der Waals surface area contributed by atoms with Crippen LogP contribution in [0.2, 0.25) is 0 Å². The normalized spacial score (nSPS) is 12.1. The van der Waals surface area contributed by atoms with Gasteiger partial charge < -0.3 is 10.2 Å². The summed E-state index contributed by atoms with van der Waals surface area (Å²) >= 11 is 0. The summed E-state index contributed by atoms with van der Waals surface area (Å²) in [4.78, 5) is 22.6. The van der Waals surface area contributed by atoms with Gasteiger partial charge in [0.15, 0.2) is 0 Å². The van der Waals surface area contributed by atoms with Gasteiger partial charge in [0.2, 0.25) is 0 Å². The lowest BCUT2D eigenvalue weighted by Gasteiger charge is -2.20. The highest BCUT2D eigenvalue weighted by Crippen LogP contribution is 2.01. The van der Waals surface area contributed by atoms with E-state index in [2.05, 4.69) is 5.92 Å². The van der Waals surface area contributed by atoms with Crippen molar-refractivity contribution in [1.82, 2.24) is 4.90 Å². The van der Waals surface area contributed by atoms with Crippen LogP contribution in [0.5, 0.6) is 0 Å².